The lowest BCUT2D eigenvalue weighted by Gasteiger charge is -2.33. The zero-order valence-electron chi connectivity index (χ0n) is 16.7. The highest BCUT2D eigenvalue weighted by Gasteiger charge is 2.29. The summed E-state index contributed by atoms with van der Waals surface area (Å²) in [4.78, 5) is 25.0. The van der Waals surface area contributed by atoms with Crippen molar-refractivity contribution in [3.63, 3.8) is 0 Å². The molecule has 6 heteroatoms. The molecule has 2 amide bonds. The molecule has 0 saturated carbocycles. The van der Waals surface area contributed by atoms with E-state index in [0.29, 0.717) is 5.69 Å². The number of amides is 2. The minimum Gasteiger partial charge on any atom is -0.392 e. The van der Waals surface area contributed by atoms with Gasteiger partial charge in [0.15, 0.2) is 0 Å². The summed E-state index contributed by atoms with van der Waals surface area (Å²) in [6, 6.07) is 5.90. The lowest BCUT2D eigenvalue weighted by molar-refractivity contribution is -0.128. The zero-order valence-corrected chi connectivity index (χ0v) is 16.7. The van der Waals surface area contributed by atoms with Gasteiger partial charge in [-0.15, -0.1) is 0 Å². The van der Waals surface area contributed by atoms with Gasteiger partial charge in [-0.1, -0.05) is 32.9 Å². The molecule has 0 bridgehead atoms. The Labute approximate surface area is 156 Å². The number of anilines is 1. The van der Waals surface area contributed by atoms with Gasteiger partial charge in [0.1, 0.15) is 6.04 Å². The van der Waals surface area contributed by atoms with Crippen LogP contribution in [0.3, 0.4) is 0 Å². The van der Waals surface area contributed by atoms with Gasteiger partial charge >= 0.3 is 0 Å². The van der Waals surface area contributed by atoms with Crippen molar-refractivity contribution in [2.75, 3.05) is 5.32 Å². The first-order chi connectivity index (χ1) is 12.1. The van der Waals surface area contributed by atoms with E-state index < -0.39 is 6.04 Å². The summed E-state index contributed by atoms with van der Waals surface area (Å²) < 4.78 is 0. The van der Waals surface area contributed by atoms with E-state index in [1.54, 1.807) is 31.2 Å². The van der Waals surface area contributed by atoms with Gasteiger partial charge in [-0.05, 0) is 50.8 Å². The molecule has 0 radical (unpaired) electrons. The van der Waals surface area contributed by atoms with Crippen LogP contribution >= 0.6 is 0 Å². The summed E-state index contributed by atoms with van der Waals surface area (Å²) >= 11 is 0. The molecule has 0 aromatic heterocycles. The van der Waals surface area contributed by atoms with Crippen LogP contribution in [-0.4, -0.2) is 34.5 Å². The van der Waals surface area contributed by atoms with Gasteiger partial charge < -0.3 is 21.1 Å². The number of carbonyl (C=O) groups is 2. The molecule has 6 nitrogen and oxygen atoms in total. The molecule has 146 valence electrons. The van der Waals surface area contributed by atoms with E-state index in [0.717, 1.165) is 12.0 Å². The molecule has 0 fully saturated rings. The Morgan fingerprint density at radius 2 is 1.65 bits per heavy atom. The number of hydrogen-bond donors (Lipinski definition) is 4. The number of aliphatic hydroxyl groups is 1. The maximum Gasteiger partial charge on any atom is 0.246 e. The van der Waals surface area contributed by atoms with Crippen LogP contribution in [0.4, 0.5) is 5.69 Å². The number of rotatable bonds is 9. The third-order valence-corrected chi connectivity index (χ3v) is 4.54. The van der Waals surface area contributed by atoms with Crippen molar-refractivity contribution >= 4 is 17.5 Å². The van der Waals surface area contributed by atoms with Crippen LogP contribution in [0.5, 0.6) is 0 Å². The third-order valence-electron chi connectivity index (χ3n) is 4.54. The van der Waals surface area contributed by atoms with Crippen LogP contribution in [0.15, 0.2) is 24.3 Å². The highest BCUT2D eigenvalue weighted by Crippen LogP contribution is 2.13. The fourth-order valence-corrected chi connectivity index (χ4v) is 2.37. The minimum atomic E-state index is -0.659. The largest absolute Gasteiger partial charge is 0.392 e. The van der Waals surface area contributed by atoms with Crippen molar-refractivity contribution in [1.82, 2.24) is 10.6 Å². The standard InChI is InChI=1S/C20H33N3O3/c1-7-20(5,6)23-17(13(2)3)19(26)21-14(4)18(25)22-16-10-8-15(12-24)9-11-16/h8-11,13-14,17,23-24H,7,12H2,1-6H3,(H,21,26)(H,22,25)/t14-,17-/m0/s1. The molecule has 0 spiro atoms. The second-order valence-electron chi connectivity index (χ2n) is 7.68. The summed E-state index contributed by atoms with van der Waals surface area (Å²) in [5.41, 5.74) is 1.24. The van der Waals surface area contributed by atoms with Gasteiger partial charge in [-0.2, -0.15) is 0 Å². The topological polar surface area (TPSA) is 90.5 Å². The Morgan fingerprint density at radius 3 is 2.12 bits per heavy atom. The summed E-state index contributed by atoms with van der Waals surface area (Å²) in [6.07, 6.45) is 0.892. The maximum atomic E-state index is 12.6. The van der Waals surface area contributed by atoms with Crippen molar-refractivity contribution in [3.8, 4) is 0 Å². The zero-order chi connectivity index (χ0) is 19.9. The fraction of sp³-hybridized carbons (Fsp3) is 0.600. The molecule has 0 aliphatic rings. The van der Waals surface area contributed by atoms with Crippen LogP contribution in [0.1, 0.15) is 53.5 Å². The molecule has 4 N–H and O–H groups in total. The number of aliphatic hydroxyl groups excluding tert-OH is 1. The number of carbonyl (C=O) groups excluding carboxylic acids is 2. The van der Waals surface area contributed by atoms with E-state index in [4.69, 9.17) is 5.11 Å². The van der Waals surface area contributed by atoms with E-state index in [-0.39, 0.29) is 35.9 Å². The van der Waals surface area contributed by atoms with Crippen LogP contribution < -0.4 is 16.0 Å². The number of benzene rings is 1. The normalized spacial score (nSPS) is 14.0. The molecule has 0 saturated heterocycles. The van der Waals surface area contributed by atoms with Crippen molar-refractivity contribution in [3.05, 3.63) is 29.8 Å². The maximum absolute atomic E-state index is 12.6. The van der Waals surface area contributed by atoms with Crippen LogP contribution in [0.2, 0.25) is 0 Å². The van der Waals surface area contributed by atoms with Crippen molar-refractivity contribution in [2.45, 2.75) is 72.2 Å². The average molecular weight is 364 g/mol. The predicted octanol–water partition coefficient (Wildman–Crippen LogP) is 2.42. The molecule has 2 atom stereocenters. The van der Waals surface area contributed by atoms with E-state index in [1.165, 1.54) is 0 Å². The van der Waals surface area contributed by atoms with Crippen LogP contribution in [-0.2, 0) is 16.2 Å². The first-order valence-corrected chi connectivity index (χ1v) is 9.18. The summed E-state index contributed by atoms with van der Waals surface area (Å²) in [5, 5.41) is 18.0. The van der Waals surface area contributed by atoms with Gasteiger partial charge in [-0.25, -0.2) is 0 Å². The van der Waals surface area contributed by atoms with E-state index in [9.17, 15) is 9.59 Å². The summed E-state index contributed by atoms with van der Waals surface area (Å²) in [6.45, 7) is 11.8. The summed E-state index contributed by atoms with van der Waals surface area (Å²) in [5.74, 6) is -0.366. The Hall–Kier alpha value is -1.92. The van der Waals surface area contributed by atoms with Gasteiger partial charge in [-0.3, -0.25) is 9.59 Å². The third kappa shape index (κ3) is 6.77. The van der Waals surface area contributed by atoms with Crippen molar-refractivity contribution < 1.29 is 14.7 Å². The van der Waals surface area contributed by atoms with Gasteiger partial charge in [0.05, 0.1) is 12.6 Å². The van der Waals surface area contributed by atoms with Crippen molar-refractivity contribution in [2.24, 2.45) is 5.92 Å². The second kappa shape index (κ2) is 9.69. The monoisotopic (exact) mass is 363 g/mol. The van der Waals surface area contributed by atoms with Gasteiger partial charge in [0, 0.05) is 11.2 Å². The van der Waals surface area contributed by atoms with Gasteiger partial charge in [0.2, 0.25) is 11.8 Å². The Balaban J connectivity index is 2.68. The highest BCUT2D eigenvalue weighted by molar-refractivity contribution is 5.97. The SMILES string of the molecule is CCC(C)(C)N[C@H](C(=O)N[C@@H](C)C(=O)Nc1ccc(CO)cc1)C(C)C. The highest BCUT2D eigenvalue weighted by atomic mass is 16.3. The average Bonchev–Trinajstić information content (AvgIpc) is 2.59. The Bertz CT molecular complexity index is 597. The molecule has 1 aromatic rings. The van der Waals surface area contributed by atoms with Crippen molar-refractivity contribution in [1.29, 1.82) is 0 Å². The molecule has 1 aromatic carbocycles. The quantitative estimate of drug-likeness (QED) is 0.542. The van der Waals surface area contributed by atoms with Gasteiger partial charge in [0.25, 0.3) is 0 Å². The molecule has 26 heavy (non-hydrogen) atoms. The van der Waals surface area contributed by atoms with E-state index >= 15 is 0 Å². The lowest BCUT2D eigenvalue weighted by atomic mass is 9.95. The molecule has 1 rings (SSSR count). The second-order valence-corrected chi connectivity index (χ2v) is 7.68. The van der Waals surface area contributed by atoms with Crippen LogP contribution in [0, 0.1) is 5.92 Å². The first kappa shape index (κ1) is 22.1. The van der Waals surface area contributed by atoms with Crippen LogP contribution in [0.25, 0.3) is 0 Å². The molecule has 0 unspecified atom stereocenters. The Kier molecular flexibility index (Phi) is 8.24. The number of nitrogens with one attached hydrogen (secondary N) is 3. The van der Waals surface area contributed by atoms with E-state index in [1.807, 2.05) is 13.8 Å². The molecule has 0 aliphatic carbocycles. The first-order valence-electron chi connectivity index (χ1n) is 9.18. The van der Waals surface area contributed by atoms with E-state index in [2.05, 4.69) is 36.7 Å². The Morgan fingerprint density at radius 1 is 1.08 bits per heavy atom. The lowest BCUT2D eigenvalue weighted by Crippen LogP contribution is -2.57. The fourth-order valence-electron chi connectivity index (χ4n) is 2.37. The molecular weight excluding hydrogens is 330 g/mol. The smallest absolute Gasteiger partial charge is 0.246 e. The summed E-state index contributed by atoms with van der Waals surface area (Å²) in [7, 11) is 0. The predicted molar refractivity (Wildman–Crippen MR) is 105 cm³/mol. The molecule has 0 heterocycles. The number of hydrogen-bond acceptors (Lipinski definition) is 4. The molecular formula is C20H33N3O3. The molecule has 0 aliphatic heterocycles. The minimum absolute atomic E-state index is 0.0433.